The van der Waals surface area contributed by atoms with E-state index in [1.165, 1.54) is 12.8 Å². The number of nitrogens with zero attached hydrogens (tertiary/aromatic N) is 1. The molecule has 1 aliphatic carbocycles. The first-order valence-electron chi connectivity index (χ1n) is 7.38. The Morgan fingerprint density at radius 2 is 1.86 bits per heavy atom. The Bertz CT molecular complexity index is 565. The lowest BCUT2D eigenvalue weighted by molar-refractivity contribution is 0.248. The summed E-state index contributed by atoms with van der Waals surface area (Å²) in [6.45, 7) is 4.33. The van der Waals surface area contributed by atoms with Crippen LogP contribution in [-0.2, 0) is 10.0 Å². The second-order valence-electron chi connectivity index (χ2n) is 5.96. The maximum atomic E-state index is 12.3. The van der Waals surface area contributed by atoms with Crippen LogP contribution in [0, 0.1) is 0 Å². The first-order chi connectivity index (χ1) is 9.81. The van der Waals surface area contributed by atoms with Crippen LogP contribution in [0.5, 0.6) is 0 Å². The zero-order valence-corrected chi connectivity index (χ0v) is 13.7. The van der Waals surface area contributed by atoms with Crippen molar-refractivity contribution in [1.29, 1.82) is 0 Å². The van der Waals surface area contributed by atoms with E-state index in [1.807, 2.05) is 20.9 Å². The highest BCUT2D eigenvalue weighted by atomic mass is 32.2. The minimum Gasteiger partial charge on any atom is -0.324 e. The standard InChI is InChI=1S/C15H25N3O2S/c1-11(18(3)14-6-7-14)10-17-21(19,20)15-8-4-13(5-9-15)12(2)16/h4-5,8-9,11-12,14,17H,6-7,10,16H2,1-3H3. The summed E-state index contributed by atoms with van der Waals surface area (Å²) in [4.78, 5) is 2.52. The Morgan fingerprint density at radius 3 is 2.33 bits per heavy atom. The molecule has 2 atom stereocenters. The lowest BCUT2D eigenvalue weighted by Gasteiger charge is -2.24. The van der Waals surface area contributed by atoms with E-state index in [4.69, 9.17) is 5.73 Å². The molecular weight excluding hydrogens is 286 g/mol. The van der Waals surface area contributed by atoms with E-state index in [2.05, 4.69) is 9.62 Å². The molecule has 2 unspecified atom stereocenters. The minimum absolute atomic E-state index is 0.0954. The van der Waals surface area contributed by atoms with Crippen molar-refractivity contribution in [3.8, 4) is 0 Å². The number of likely N-dealkylation sites (N-methyl/N-ethyl adjacent to an activating group) is 1. The van der Waals surface area contributed by atoms with Crippen molar-refractivity contribution >= 4 is 10.0 Å². The predicted molar refractivity (Wildman–Crippen MR) is 84.5 cm³/mol. The monoisotopic (exact) mass is 311 g/mol. The molecule has 1 aliphatic rings. The number of hydrogen-bond donors (Lipinski definition) is 2. The second kappa shape index (κ2) is 6.44. The summed E-state index contributed by atoms with van der Waals surface area (Å²) >= 11 is 0. The van der Waals surface area contributed by atoms with E-state index in [9.17, 15) is 8.42 Å². The molecule has 6 heteroatoms. The molecule has 0 heterocycles. The summed E-state index contributed by atoms with van der Waals surface area (Å²) in [5.74, 6) is 0. The topological polar surface area (TPSA) is 75.4 Å². The maximum absolute atomic E-state index is 12.3. The number of nitrogens with two attached hydrogens (primary N) is 1. The van der Waals surface area contributed by atoms with Gasteiger partial charge in [-0.1, -0.05) is 12.1 Å². The normalized spacial score (nSPS) is 18.7. The van der Waals surface area contributed by atoms with Crippen molar-refractivity contribution < 1.29 is 8.42 Å². The van der Waals surface area contributed by atoms with Gasteiger partial charge in [-0.05, 0) is 51.4 Å². The molecule has 5 nitrogen and oxygen atoms in total. The van der Waals surface area contributed by atoms with Gasteiger partial charge in [-0.2, -0.15) is 0 Å². The van der Waals surface area contributed by atoms with E-state index in [1.54, 1.807) is 24.3 Å². The fourth-order valence-corrected chi connectivity index (χ4v) is 3.37. The molecule has 0 radical (unpaired) electrons. The smallest absolute Gasteiger partial charge is 0.240 e. The van der Waals surface area contributed by atoms with Crippen LogP contribution in [0.25, 0.3) is 0 Å². The Labute approximate surface area is 127 Å². The van der Waals surface area contributed by atoms with Gasteiger partial charge in [0.2, 0.25) is 10.0 Å². The van der Waals surface area contributed by atoms with E-state index in [0.717, 1.165) is 5.56 Å². The molecule has 0 amide bonds. The highest BCUT2D eigenvalue weighted by Gasteiger charge is 2.29. The molecule has 118 valence electrons. The van der Waals surface area contributed by atoms with Crippen molar-refractivity contribution in [2.45, 2.75) is 49.7 Å². The van der Waals surface area contributed by atoms with Gasteiger partial charge in [0.25, 0.3) is 0 Å². The molecule has 0 aliphatic heterocycles. The molecule has 0 aromatic heterocycles. The largest absolute Gasteiger partial charge is 0.324 e. The summed E-state index contributed by atoms with van der Waals surface area (Å²) < 4.78 is 27.2. The third-order valence-corrected chi connectivity index (χ3v) is 5.54. The Morgan fingerprint density at radius 1 is 1.29 bits per heavy atom. The van der Waals surface area contributed by atoms with Crippen LogP contribution in [0.2, 0.25) is 0 Å². The van der Waals surface area contributed by atoms with Gasteiger partial charge in [-0.3, -0.25) is 4.90 Å². The van der Waals surface area contributed by atoms with Crippen molar-refractivity contribution in [3.63, 3.8) is 0 Å². The van der Waals surface area contributed by atoms with E-state index < -0.39 is 10.0 Å². The van der Waals surface area contributed by atoms with Crippen LogP contribution in [-0.4, -0.2) is 39.0 Å². The van der Waals surface area contributed by atoms with Crippen LogP contribution in [0.1, 0.15) is 38.3 Å². The first kappa shape index (κ1) is 16.4. The molecular formula is C15H25N3O2S. The quantitative estimate of drug-likeness (QED) is 0.799. The van der Waals surface area contributed by atoms with Gasteiger partial charge in [-0.15, -0.1) is 0 Å². The molecule has 1 fully saturated rings. The number of rotatable bonds is 7. The van der Waals surface area contributed by atoms with Gasteiger partial charge in [0.05, 0.1) is 4.90 Å². The molecule has 3 N–H and O–H groups in total. The number of sulfonamides is 1. The van der Waals surface area contributed by atoms with Gasteiger partial charge >= 0.3 is 0 Å². The molecule has 1 aromatic carbocycles. The zero-order chi connectivity index (χ0) is 15.6. The number of nitrogens with one attached hydrogen (secondary N) is 1. The van der Waals surface area contributed by atoms with Crippen LogP contribution in [0.3, 0.4) is 0 Å². The fraction of sp³-hybridized carbons (Fsp3) is 0.600. The predicted octanol–water partition coefficient (Wildman–Crippen LogP) is 1.47. The minimum atomic E-state index is -3.45. The lowest BCUT2D eigenvalue weighted by Crippen LogP contribution is -2.41. The van der Waals surface area contributed by atoms with Crippen LogP contribution >= 0.6 is 0 Å². The van der Waals surface area contributed by atoms with Gasteiger partial charge in [0.1, 0.15) is 0 Å². The number of hydrogen-bond acceptors (Lipinski definition) is 4. The molecule has 0 saturated heterocycles. The first-order valence-corrected chi connectivity index (χ1v) is 8.86. The fourth-order valence-electron chi connectivity index (χ4n) is 2.25. The van der Waals surface area contributed by atoms with Gasteiger partial charge < -0.3 is 5.73 Å². The zero-order valence-electron chi connectivity index (χ0n) is 12.9. The molecule has 1 saturated carbocycles. The Balaban J connectivity index is 1.97. The average Bonchev–Trinajstić information content (AvgIpc) is 3.28. The van der Waals surface area contributed by atoms with Crippen molar-refractivity contribution in [2.75, 3.05) is 13.6 Å². The van der Waals surface area contributed by atoms with Gasteiger partial charge in [0, 0.05) is 24.7 Å². The highest BCUT2D eigenvalue weighted by Crippen LogP contribution is 2.26. The van der Waals surface area contributed by atoms with Gasteiger partial charge in [-0.25, -0.2) is 13.1 Å². The van der Waals surface area contributed by atoms with Crippen LogP contribution in [0.15, 0.2) is 29.2 Å². The molecule has 2 rings (SSSR count). The van der Waals surface area contributed by atoms with Gasteiger partial charge in [0.15, 0.2) is 0 Å². The summed E-state index contributed by atoms with van der Waals surface area (Å²) in [5, 5.41) is 0. The summed E-state index contributed by atoms with van der Waals surface area (Å²) in [7, 11) is -1.40. The summed E-state index contributed by atoms with van der Waals surface area (Å²) in [6.07, 6.45) is 2.43. The Kier molecular flexibility index (Phi) is 5.03. The van der Waals surface area contributed by atoms with Crippen LogP contribution in [0.4, 0.5) is 0 Å². The van der Waals surface area contributed by atoms with E-state index in [-0.39, 0.29) is 17.0 Å². The van der Waals surface area contributed by atoms with Crippen molar-refractivity contribution in [1.82, 2.24) is 9.62 Å². The molecule has 1 aromatic rings. The lowest BCUT2D eigenvalue weighted by atomic mass is 10.1. The third-order valence-electron chi connectivity index (χ3n) is 4.10. The molecule has 0 spiro atoms. The summed E-state index contributed by atoms with van der Waals surface area (Å²) in [5.41, 5.74) is 6.69. The summed E-state index contributed by atoms with van der Waals surface area (Å²) in [6, 6.07) is 7.46. The SMILES string of the molecule is CC(N)c1ccc(S(=O)(=O)NCC(C)N(C)C2CC2)cc1. The number of benzene rings is 1. The average molecular weight is 311 g/mol. The third kappa shape index (κ3) is 4.26. The van der Waals surface area contributed by atoms with E-state index in [0.29, 0.717) is 12.6 Å². The van der Waals surface area contributed by atoms with E-state index >= 15 is 0 Å². The Hall–Kier alpha value is -0.950. The second-order valence-corrected chi connectivity index (χ2v) is 7.72. The molecule has 0 bridgehead atoms. The molecule has 21 heavy (non-hydrogen) atoms. The highest BCUT2D eigenvalue weighted by molar-refractivity contribution is 7.89. The maximum Gasteiger partial charge on any atom is 0.240 e. The van der Waals surface area contributed by atoms with Crippen molar-refractivity contribution in [2.24, 2.45) is 5.73 Å². The van der Waals surface area contributed by atoms with Crippen molar-refractivity contribution in [3.05, 3.63) is 29.8 Å². The van der Waals surface area contributed by atoms with Crippen LogP contribution < -0.4 is 10.5 Å².